The van der Waals surface area contributed by atoms with E-state index < -0.39 is 0 Å². The van der Waals surface area contributed by atoms with E-state index in [1.165, 1.54) is 5.56 Å². The van der Waals surface area contributed by atoms with Gasteiger partial charge in [-0.15, -0.1) is 0 Å². The Bertz CT molecular complexity index is 1030. The van der Waals surface area contributed by atoms with Gasteiger partial charge in [-0.25, -0.2) is 0 Å². The second-order valence-electron chi connectivity index (χ2n) is 8.71. The van der Waals surface area contributed by atoms with Crippen molar-refractivity contribution in [3.8, 4) is 11.5 Å². The van der Waals surface area contributed by atoms with E-state index in [0.29, 0.717) is 17.4 Å². The van der Waals surface area contributed by atoms with Gasteiger partial charge in [0.2, 0.25) is 0 Å². The summed E-state index contributed by atoms with van der Waals surface area (Å²) in [6, 6.07) is 14.4. The summed E-state index contributed by atoms with van der Waals surface area (Å²) in [6.07, 6.45) is 10.5. The maximum atomic E-state index is 11.0. The minimum atomic E-state index is 0.0763. The number of allylic oxidation sites excluding steroid dienone is 6. The number of carbonyl (C=O) groups is 1. The Labute approximate surface area is 210 Å². The predicted octanol–water partition coefficient (Wildman–Crippen LogP) is 8.31. The first-order valence-electron chi connectivity index (χ1n) is 11.8. The van der Waals surface area contributed by atoms with E-state index in [1.54, 1.807) is 14.2 Å². The highest BCUT2D eigenvalue weighted by molar-refractivity contribution is 6.31. The van der Waals surface area contributed by atoms with Crippen molar-refractivity contribution in [3.63, 3.8) is 0 Å². The number of para-hydroxylation sites is 1. The Morgan fingerprint density at radius 3 is 2.29 bits per heavy atom. The van der Waals surface area contributed by atoms with Crippen molar-refractivity contribution >= 4 is 23.5 Å². The zero-order chi connectivity index (χ0) is 25.1. The molecular formula is C30H37ClO3. The molecule has 0 amide bonds. The van der Waals surface area contributed by atoms with Gasteiger partial charge < -0.3 is 14.3 Å². The molecule has 0 bridgehead atoms. The normalized spacial score (nSPS) is 14.4. The molecule has 2 rings (SSSR count). The van der Waals surface area contributed by atoms with Gasteiger partial charge >= 0.3 is 0 Å². The summed E-state index contributed by atoms with van der Waals surface area (Å²) in [6.45, 7) is 8.51. The number of carbonyl (C=O) groups excluding carboxylic acids is 1. The van der Waals surface area contributed by atoms with Crippen LogP contribution in [0.1, 0.15) is 69.1 Å². The standard InChI is InChI=1S/C30H37ClO3/c1-7-24(31)18-17-23(26-14-9-8-13-25(26)22(4)12-11-19-32)20-28(21(2)3)27-15-10-16-29(33-5)30(27)34-6/h7-10,13-22,28H,11-12H2,1-6H3/b18-17-,23-20-,24-7+. The molecule has 0 aliphatic heterocycles. The van der Waals surface area contributed by atoms with Crippen LogP contribution >= 0.6 is 11.6 Å². The third kappa shape index (κ3) is 7.11. The Morgan fingerprint density at radius 1 is 0.971 bits per heavy atom. The number of hydrogen-bond acceptors (Lipinski definition) is 3. The number of aldehydes is 1. The second kappa shape index (κ2) is 13.8. The summed E-state index contributed by atoms with van der Waals surface area (Å²) in [5.41, 5.74) is 4.52. The lowest BCUT2D eigenvalue weighted by Gasteiger charge is -2.24. The van der Waals surface area contributed by atoms with Crippen LogP contribution in [0.3, 0.4) is 0 Å². The van der Waals surface area contributed by atoms with Crippen molar-refractivity contribution in [2.45, 2.75) is 52.4 Å². The minimum Gasteiger partial charge on any atom is -0.493 e. The Morgan fingerprint density at radius 2 is 1.68 bits per heavy atom. The molecule has 2 atom stereocenters. The Balaban J connectivity index is 2.73. The first kappa shape index (κ1) is 27.5. The molecule has 0 fully saturated rings. The SMILES string of the molecule is C\C=C(Cl)/C=C\C(=C\C(c1cccc(OC)c1OC)C(C)C)c1ccccc1C(C)CCC=O. The highest BCUT2D eigenvalue weighted by Gasteiger charge is 2.22. The molecule has 2 unspecified atom stereocenters. The monoisotopic (exact) mass is 480 g/mol. The van der Waals surface area contributed by atoms with Crippen molar-refractivity contribution in [3.05, 3.63) is 88.5 Å². The molecule has 0 heterocycles. The molecule has 0 radical (unpaired) electrons. The van der Waals surface area contributed by atoms with Crippen LogP contribution in [0.4, 0.5) is 0 Å². The minimum absolute atomic E-state index is 0.0763. The molecule has 2 aromatic carbocycles. The largest absolute Gasteiger partial charge is 0.493 e. The molecule has 4 heteroatoms. The van der Waals surface area contributed by atoms with Crippen LogP contribution < -0.4 is 9.47 Å². The van der Waals surface area contributed by atoms with Gasteiger partial charge in [0.05, 0.1) is 14.2 Å². The van der Waals surface area contributed by atoms with E-state index >= 15 is 0 Å². The van der Waals surface area contributed by atoms with E-state index in [0.717, 1.165) is 40.9 Å². The lowest BCUT2D eigenvalue weighted by Crippen LogP contribution is -2.08. The van der Waals surface area contributed by atoms with Gasteiger partial charge in [-0.05, 0) is 54.0 Å². The first-order chi connectivity index (χ1) is 16.4. The van der Waals surface area contributed by atoms with Gasteiger partial charge in [0.1, 0.15) is 6.29 Å². The number of rotatable bonds is 12. The average Bonchev–Trinajstić information content (AvgIpc) is 2.86. The summed E-state index contributed by atoms with van der Waals surface area (Å²) in [4.78, 5) is 11.0. The van der Waals surface area contributed by atoms with Gasteiger partial charge in [-0.2, -0.15) is 0 Å². The van der Waals surface area contributed by atoms with Gasteiger partial charge in [0, 0.05) is 22.9 Å². The maximum Gasteiger partial charge on any atom is 0.164 e. The quantitative estimate of drug-likeness (QED) is 0.226. The molecule has 3 nitrogen and oxygen atoms in total. The smallest absolute Gasteiger partial charge is 0.164 e. The second-order valence-corrected chi connectivity index (χ2v) is 9.15. The maximum absolute atomic E-state index is 11.0. The van der Waals surface area contributed by atoms with E-state index in [2.05, 4.69) is 63.3 Å². The fourth-order valence-electron chi connectivity index (χ4n) is 4.17. The average molecular weight is 481 g/mol. The van der Waals surface area contributed by atoms with Crippen molar-refractivity contribution in [1.82, 2.24) is 0 Å². The van der Waals surface area contributed by atoms with Crippen LogP contribution in [0.15, 0.2) is 71.8 Å². The van der Waals surface area contributed by atoms with Crippen LogP contribution in [0, 0.1) is 5.92 Å². The number of ether oxygens (including phenoxy) is 2. The summed E-state index contributed by atoms with van der Waals surface area (Å²) < 4.78 is 11.3. The van der Waals surface area contributed by atoms with Gasteiger partial charge in [0.15, 0.2) is 11.5 Å². The van der Waals surface area contributed by atoms with Crippen LogP contribution in [-0.4, -0.2) is 20.5 Å². The molecule has 2 aromatic rings. The third-order valence-corrected chi connectivity index (χ3v) is 6.43. The molecule has 34 heavy (non-hydrogen) atoms. The molecule has 0 aromatic heterocycles. The van der Waals surface area contributed by atoms with Gasteiger partial charge in [-0.1, -0.05) is 87.0 Å². The van der Waals surface area contributed by atoms with Crippen molar-refractivity contribution < 1.29 is 14.3 Å². The van der Waals surface area contributed by atoms with Gasteiger partial charge in [-0.3, -0.25) is 0 Å². The summed E-state index contributed by atoms with van der Waals surface area (Å²) in [7, 11) is 3.34. The number of methoxy groups -OCH3 is 2. The van der Waals surface area contributed by atoms with Crippen LogP contribution in [0.2, 0.25) is 0 Å². The molecule has 0 N–H and O–H groups in total. The fraction of sp³-hybridized carbons (Fsp3) is 0.367. The zero-order valence-corrected chi connectivity index (χ0v) is 21.9. The lowest BCUT2D eigenvalue weighted by molar-refractivity contribution is -0.108. The van der Waals surface area contributed by atoms with E-state index in [1.807, 2.05) is 31.2 Å². The van der Waals surface area contributed by atoms with E-state index in [-0.39, 0.29) is 11.8 Å². The molecule has 0 aliphatic rings. The molecular weight excluding hydrogens is 444 g/mol. The third-order valence-electron chi connectivity index (χ3n) is 6.09. The molecule has 0 aliphatic carbocycles. The highest BCUT2D eigenvalue weighted by atomic mass is 35.5. The number of halogens is 1. The Hall–Kier alpha value is -2.78. The van der Waals surface area contributed by atoms with Crippen molar-refractivity contribution in [2.75, 3.05) is 14.2 Å². The summed E-state index contributed by atoms with van der Waals surface area (Å²) in [5, 5.41) is 0.678. The van der Waals surface area contributed by atoms with Crippen LogP contribution in [0.25, 0.3) is 5.57 Å². The Kier molecular flexibility index (Phi) is 11.2. The van der Waals surface area contributed by atoms with Crippen molar-refractivity contribution in [1.29, 1.82) is 0 Å². The first-order valence-corrected chi connectivity index (χ1v) is 12.2. The van der Waals surface area contributed by atoms with Crippen molar-refractivity contribution in [2.24, 2.45) is 5.92 Å². The zero-order valence-electron chi connectivity index (χ0n) is 21.2. The number of benzene rings is 2. The molecule has 0 saturated carbocycles. The molecule has 0 spiro atoms. The van der Waals surface area contributed by atoms with Crippen LogP contribution in [0.5, 0.6) is 11.5 Å². The summed E-state index contributed by atoms with van der Waals surface area (Å²) in [5.74, 6) is 2.10. The molecule has 182 valence electrons. The molecule has 0 saturated heterocycles. The summed E-state index contributed by atoms with van der Waals surface area (Å²) >= 11 is 6.34. The topological polar surface area (TPSA) is 35.5 Å². The van der Waals surface area contributed by atoms with E-state index in [4.69, 9.17) is 21.1 Å². The lowest BCUT2D eigenvalue weighted by atomic mass is 9.82. The van der Waals surface area contributed by atoms with Gasteiger partial charge in [0.25, 0.3) is 0 Å². The van der Waals surface area contributed by atoms with Crippen LogP contribution in [-0.2, 0) is 4.79 Å². The number of hydrogen-bond donors (Lipinski definition) is 0. The highest BCUT2D eigenvalue weighted by Crippen LogP contribution is 2.41. The predicted molar refractivity (Wildman–Crippen MR) is 144 cm³/mol. The fourth-order valence-corrected chi connectivity index (χ4v) is 4.24. The van der Waals surface area contributed by atoms with E-state index in [9.17, 15) is 4.79 Å².